The van der Waals surface area contributed by atoms with Crippen molar-refractivity contribution in [2.75, 3.05) is 6.54 Å². The van der Waals surface area contributed by atoms with Gasteiger partial charge in [-0.1, -0.05) is 0 Å². The van der Waals surface area contributed by atoms with E-state index >= 15 is 0 Å². The zero-order valence-corrected chi connectivity index (χ0v) is 12.9. The molecule has 2 heterocycles. The van der Waals surface area contributed by atoms with Gasteiger partial charge in [0.25, 0.3) is 5.91 Å². The Morgan fingerprint density at radius 1 is 1.30 bits per heavy atom. The summed E-state index contributed by atoms with van der Waals surface area (Å²) in [6, 6.07) is 5.82. The van der Waals surface area contributed by atoms with Gasteiger partial charge in [-0.25, -0.2) is 4.39 Å². The van der Waals surface area contributed by atoms with E-state index in [0.29, 0.717) is 29.4 Å². The van der Waals surface area contributed by atoms with Crippen LogP contribution in [0.1, 0.15) is 36.5 Å². The van der Waals surface area contributed by atoms with Gasteiger partial charge in [-0.2, -0.15) is 0 Å². The predicted molar refractivity (Wildman–Crippen MR) is 84.2 cm³/mol. The number of hydrogen-bond acceptors (Lipinski definition) is 3. The summed E-state index contributed by atoms with van der Waals surface area (Å²) < 4.78 is 13.4. The molecule has 5 nitrogen and oxygen atoms in total. The van der Waals surface area contributed by atoms with Crippen molar-refractivity contribution in [1.29, 1.82) is 0 Å². The number of fused-ring (bicyclic) bond motifs is 1. The third-order valence-electron chi connectivity index (χ3n) is 4.56. The van der Waals surface area contributed by atoms with Crippen LogP contribution < -0.4 is 5.73 Å². The highest BCUT2D eigenvalue weighted by atomic mass is 19.1. The van der Waals surface area contributed by atoms with E-state index in [9.17, 15) is 14.0 Å². The lowest BCUT2D eigenvalue weighted by Crippen LogP contribution is -2.59. The van der Waals surface area contributed by atoms with Crippen LogP contribution in [0.25, 0.3) is 10.9 Å². The quantitative estimate of drug-likeness (QED) is 0.923. The lowest BCUT2D eigenvalue weighted by Gasteiger charge is -2.42. The number of benzene rings is 1. The summed E-state index contributed by atoms with van der Waals surface area (Å²) in [7, 11) is 0. The number of nitrogens with zero attached hydrogens (tertiary/aromatic N) is 2. The number of primary amides is 1. The van der Waals surface area contributed by atoms with Gasteiger partial charge in [-0.3, -0.25) is 14.6 Å². The van der Waals surface area contributed by atoms with Gasteiger partial charge >= 0.3 is 0 Å². The Balaban J connectivity index is 2.00. The molecule has 2 amide bonds. The molecule has 0 aliphatic carbocycles. The minimum Gasteiger partial charge on any atom is -0.368 e. The van der Waals surface area contributed by atoms with Crippen LogP contribution in [0.4, 0.5) is 4.39 Å². The van der Waals surface area contributed by atoms with Crippen molar-refractivity contribution in [2.45, 2.75) is 31.7 Å². The summed E-state index contributed by atoms with van der Waals surface area (Å²) in [5, 5.41) is 0.550. The van der Waals surface area contributed by atoms with Crippen LogP contribution in [-0.4, -0.2) is 33.8 Å². The minimum atomic E-state index is -0.994. The van der Waals surface area contributed by atoms with E-state index in [1.165, 1.54) is 23.2 Å². The summed E-state index contributed by atoms with van der Waals surface area (Å²) in [6.45, 7) is 2.17. The molecule has 1 aliphatic rings. The predicted octanol–water partition coefficient (Wildman–Crippen LogP) is 2.24. The number of aromatic nitrogens is 1. The number of nitrogens with two attached hydrogens (primary N) is 1. The first-order valence-electron chi connectivity index (χ1n) is 7.59. The van der Waals surface area contributed by atoms with Crippen molar-refractivity contribution in [2.24, 2.45) is 5.73 Å². The molecule has 1 aromatic carbocycles. The van der Waals surface area contributed by atoms with Gasteiger partial charge in [0, 0.05) is 18.1 Å². The second-order valence-electron chi connectivity index (χ2n) is 6.11. The van der Waals surface area contributed by atoms with Crippen LogP contribution in [0, 0.1) is 5.82 Å². The van der Waals surface area contributed by atoms with Crippen molar-refractivity contribution in [3.05, 3.63) is 41.8 Å². The van der Waals surface area contributed by atoms with Crippen LogP contribution in [0.15, 0.2) is 30.5 Å². The second kappa shape index (κ2) is 5.61. The molecule has 1 fully saturated rings. The van der Waals surface area contributed by atoms with Gasteiger partial charge in [0.1, 0.15) is 11.4 Å². The number of hydrogen-bond donors (Lipinski definition) is 1. The van der Waals surface area contributed by atoms with Gasteiger partial charge in [-0.05, 0) is 50.5 Å². The number of rotatable bonds is 2. The summed E-state index contributed by atoms with van der Waals surface area (Å²) in [4.78, 5) is 30.4. The standard InChI is InChI=1S/C17H18FN3O2/c1-17(16(19)23)6-2-3-7-21(17)15(22)12-8-11-9-13(18)4-5-14(11)20-10-12/h4-5,8-10H,2-3,6-7H2,1H3,(H2,19,23). The van der Waals surface area contributed by atoms with E-state index < -0.39 is 11.4 Å². The fourth-order valence-corrected chi connectivity index (χ4v) is 3.08. The lowest BCUT2D eigenvalue weighted by atomic mass is 9.87. The zero-order valence-electron chi connectivity index (χ0n) is 12.9. The third-order valence-corrected chi connectivity index (χ3v) is 4.56. The molecule has 1 atom stereocenters. The van der Waals surface area contributed by atoms with E-state index in [4.69, 9.17) is 5.73 Å². The molecule has 120 valence electrons. The fourth-order valence-electron chi connectivity index (χ4n) is 3.08. The Hall–Kier alpha value is -2.50. The highest BCUT2D eigenvalue weighted by Gasteiger charge is 2.42. The van der Waals surface area contributed by atoms with E-state index in [-0.39, 0.29) is 11.7 Å². The average molecular weight is 315 g/mol. The van der Waals surface area contributed by atoms with Gasteiger partial charge in [0.05, 0.1) is 11.1 Å². The molecule has 1 aromatic heterocycles. The number of pyridine rings is 1. The molecule has 0 saturated carbocycles. The largest absolute Gasteiger partial charge is 0.368 e. The summed E-state index contributed by atoms with van der Waals surface area (Å²) in [6.07, 6.45) is 3.68. The molecule has 23 heavy (non-hydrogen) atoms. The smallest absolute Gasteiger partial charge is 0.256 e. The van der Waals surface area contributed by atoms with E-state index in [2.05, 4.69) is 4.98 Å². The molecule has 2 aromatic rings. The number of likely N-dealkylation sites (tertiary alicyclic amines) is 1. The van der Waals surface area contributed by atoms with Crippen LogP contribution in [0.2, 0.25) is 0 Å². The Labute approximate surface area is 133 Å². The van der Waals surface area contributed by atoms with Crippen molar-refractivity contribution in [3.8, 4) is 0 Å². The number of piperidine rings is 1. The molecule has 0 bridgehead atoms. The molecule has 0 spiro atoms. The number of halogens is 1. The summed E-state index contributed by atoms with van der Waals surface area (Å²) in [5.74, 6) is -1.20. The van der Waals surface area contributed by atoms with Crippen LogP contribution in [0.3, 0.4) is 0 Å². The zero-order chi connectivity index (χ0) is 16.6. The maximum absolute atomic E-state index is 13.4. The molecule has 2 N–H and O–H groups in total. The van der Waals surface area contributed by atoms with Gasteiger partial charge in [0.2, 0.25) is 5.91 Å². The third kappa shape index (κ3) is 2.65. The molecule has 1 saturated heterocycles. The van der Waals surface area contributed by atoms with Crippen molar-refractivity contribution < 1.29 is 14.0 Å². The Kier molecular flexibility index (Phi) is 3.75. The second-order valence-corrected chi connectivity index (χ2v) is 6.11. The van der Waals surface area contributed by atoms with Crippen LogP contribution >= 0.6 is 0 Å². The van der Waals surface area contributed by atoms with Crippen LogP contribution in [0.5, 0.6) is 0 Å². The molecule has 1 aliphatic heterocycles. The maximum atomic E-state index is 13.4. The van der Waals surface area contributed by atoms with Gasteiger partial charge in [-0.15, -0.1) is 0 Å². The van der Waals surface area contributed by atoms with Gasteiger partial charge in [0.15, 0.2) is 0 Å². The Morgan fingerprint density at radius 3 is 2.83 bits per heavy atom. The fraction of sp³-hybridized carbons (Fsp3) is 0.353. The lowest BCUT2D eigenvalue weighted by molar-refractivity contribution is -0.129. The summed E-state index contributed by atoms with van der Waals surface area (Å²) in [5.41, 5.74) is 5.47. The first-order valence-corrected chi connectivity index (χ1v) is 7.59. The maximum Gasteiger partial charge on any atom is 0.256 e. The average Bonchev–Trinajstić information content (AvgIpc) is 2.53. The Bertz CT molecular complexity index is 793. The molecule has 3 rings (SSSR count). The van der Waals surface area contributed by atoms with E-state index in [1.54, 1.807) is 19.1 Å². The highest BCUT2D eigenvalue weighted by Crippen LogP contribution is 2.29. The normalized spacial score (nSPS) is 21.4. The van der Waals surface area contributed by atoms with Gasteiger partial charge < -0.3 is 10.6 Å². The molecule has 1 unspecified atom stereocenters. The SMILES string of the molecule is CC1(C(N)=O)CCCCN1C(=O)c1cnc2ccc(F)cc2c1. The van der Waals surface area contributed by atoms with E-state index in [1.807, 2.05) is 0 Å². The first kappa shape index (κ1) is 15.4. The topological polar surface area (TPSA) is 76.3 Å². The summed E-state index contributed by atoms with van der Waals surface area (Å²) >= 11 is 0. The molecule has 6 heteroatoms. The van der Waals surface area contributed by atoms with Crippen molar-refractivity contribution in [3.63, 3.8) is 0 Å². The molecular weight excluding hydrogens is 297 g/mol. The minimum absolute atomic E-state index is 0.301. The number of carbonyl (C=O) groups excluding carboxylic acids is 2. The van der Waals surface area contributed by atoms with Crippen molar-refractivity contribution >= 4 is 22.7 Å². The number of carbonyl (C=O) groups is 2. The molecule has 0 radical (unpaired) electrons. The highest BCUT2D eigenvalue weighted by molar-refractivity contribution is 6.00. The first-order chi connectivity index (χ1) is 10.9. The van der Waals surface area contributed by atoms with Crippen LogP contribution in [-0.2, 0) is 4.79 Å². The van der Waals surface area contributed by atoms with E-state index in [0.717, 1.165) is 12.8 Å². The Morgan fingerprint density at radius 2 is 2.09 bits per heavy atom. The molecular formula is C17H18FN3O2. The monoisotopic (exact) mass is 315 g/mol. The number of amides is 2. The van der Waals surface area contributed by atoms with Crippen molar-refractivity contribution in [1.82, 2.24) is 9.88 Å².